The smallest absolute Gasteiger partial charge is 0.333 e. The Morgan fingerprint density at radius 1 is 1.32 bits per heavy atom. The lowest BCUT2D eigenvalue weighted by molar-refractivity contribution is -0.826. The molecule has 0 aromatic heterocycles. The molecule has 1 heterocycles. The summed E-state index contributed by atoms with van der Waals surface area (Å²) in [5, 5.41) is 0. The Bertz CT molecular complexity index is 386. The number of ketones is 1. The fourth-order valence-corrected chi connectivity index (χ4v) is 2.83. The molecule has 0 spiro atoms. The minimum Gasteiger partial charge on any atom is -1.00 e. The van der Waals surface area contributed by atoms with Gasteiger partial charge in [-0.3, -0.25) is 13.8 Å². The largest absolute Gasteiger partial charge is 1.00 e. The topological polar surface area (TPSA) is 44.8 Å². The summed E-state index contributed by atoms with van der Waals surface area (Å²) in [6.07, 6.45) is 5.71. The first-order chi connectivity index (χ1) is 8.48. The summed E-state index contributed by atoms with van der Waals surface area (Å²) in [5.74, 6) is -0.0229. The van der Waals surface area contributed by atoms with E-state index in [-0.39, 0.29) is 29.8 Å². The number of halogens is 1. The number of Topliss-reactive ketones (excluding diaryl/α,β-unsaturated/α-hetero) is 1. The van der Waals surface area contributed by atoms with Crippen LogP contribution in [0.3, 0.4) is 0 Å². The second-order valence-electron chi connectivity index (χ2n) is 5.08. The van der Waals surface area contributed by atoms with Crippen molar-refractivity contribution in [3.8, 4) is 0 Å². The van der Waals surface area contributed by atoms with Crippen LogP contribution >= 0.6 is 8.60 Å². The molecule has 5 nitrogen and oxygen atoms in total. The zero-order chi connectivity index (χ0) is 13.2. The second kappa shape index (κ2) is 7.24. The maximum atomic E-state index is 12.3. The number of hydrogen-bond donors (Lipinski definition) is 0. The quantitative estimate of drug-likeness (QED) is 0.339. The zero-order valence-corrected chi connectivity index (χ0v) is 14.4. The molecule has 2 rings (SSSR count). The molecule has 0 N–H and O–H groups in total. The van der Waals surface area contributed by atoms with Gasteiger partial charge in [0.15, 0.2) is 11.8 Å². The first-order valence-corrected chi connectivity index (χ1v) is 7.05. The monoisotopic (exact) mass is 399 g/mol. The van der Waals surface area contributed by atoms with Gasteiger partial charge in [-0.2, -0.15) is 0 Å². The number of quaternary nitrogens is 1. The molecule has 1 saturated heterocycles. The predicted octanol–water partition coefficient (Wildman–Crippen LogP) is -1.23. The molecule has 1 aliphatic heterocycles. The van der Waals surface area contributed by atoms with Crippen LogP contribution in [0.25, 0.3) is 0 Å². The third kappa shape index (κ3) is 4.58. The molecule has 1 aliphatic carbocycles. The van der Waals surface area contributed by atoms with Crippen LogP contribution in [-0.4, -0.2) is 50.7 Å². The molecular formula is C12H19INO4P. The van der Waals surface area contributed by atoms with Gasteiger partial charge in [-0.25, -0.2) is 0 Å². The molecular weight excluding hydrogens is 380 g/mol. The van der Waals surface area contributed by atoms with Crippen molar-refractivity contribution in [2.24, 2.45) is 0 Å². The van der Waals surface area contributed by atoms with Gasteiger partial charge in [0.1, 0.15) is 0 Å². The van der Waals surface area contributed by atoms with E-state index in [0.717, 1.165) is 12.1 Å². The Morgan fingerprint density at radius 2 is 1.95 bits per heavy atom. The maximum Gasteiger partial charge on any atom is 0.333 e. The number of allylic oxidation sites excluding steroid dienone is 2. The molecule has 0 aromatic carbocycles. The average molecular weight is 399 g/mol. The van der Waals surface area contributed by atoms with E-state index < -0.39 is 14.7 Å². The fourth-order valence-electron chi connectivity index (χ4n) is 1.73. The van der Waals surface area contributed by atoms with Gasteiger partial charge in [0.2, 0.25) is 5.78 Å². The van der Waals surface area contributed by atoms with Crippen molar-refractivity contribution >= 4 is 14.4 Å². The summed E-state index contributed by atoms with van der Waals surface area (Å²) in [6.45, 7) is 1.27. The van der Waals surface area contributed by atoms with Crippen molar-refractivity contribution in [2.75, 3.05) is 34.4 Å². The van der Waals surface area contributed by atoms with Crippen LogP contribution in [0.1, 0.15) is 6.42 Å². The highest BCUT2D eigenvalue weighted by Gasteiger charge is 2.35. The summed E-state index contributed by atoms with van der Waals surface area (Å²) in [5.41, 5.74) is 0.717. The normalized spacial score (nSPS) is 24.9. The van der Waals surface area contributed by atoms with Crippen LogP contribution in [0.5, 0.6) is 0 Å². The molecule has 0 saturated carbocycles. The van der Waals surface area contributed by atoms with Crippen LogP contribution in [0.15, 0.2) is 23.9 Å². The van der Waals surface area contributed by atoms with Crippen molar-refractivity contribution in [1.82, 2.24) is 0 Å². The summed E-state index contributed by atoms with van der Waals surface area (Å²) >= 11 is 0. The molecule has 108 valence electrons. The third-order valence-electron chi connectivity index (χ3n) is 2.66. The first-order valence-electron chi connectivity index (χ1n) is 5.96. The lowest BCUT2D eigenvalue weighted by atomic mass is 10.1. The second-order valence-corrected chi connectivity index (χ2v) is 6.26. The molecule has 19 heavy (non-hydrogen) atoms. The third-order valence-corrected chi connectivity index (χ3v) is 3.84. The Kier molecular flexibility index (Phi) is 6.56. The molecule has 7 heteroatoms. The van der Waals surface area contributed by atoms with Gasteiger partial charge in [0, 0.05) is 6.08 Å². The Hall–Kier alpha value is 0.150. The molecule has 2 aliphatic rings. The molecule has 0 amide bonds. The Labute approximate surface area is 132 Å². The molecule has 0 bridgehead atoms. The molecule has 0 aromatic rings. The van der Waals surface area contributed by atoms with E-state index in [1.54, 1.807) is 6.08 Å². The van der Waals surface area contributed by atoms with E-state index in [2.05, 4.69) is 0 Å². The highest BCUT2D eigenvalue weighted by atomic mass is 127. The lowest BCUT2D eigenvalue weighted by Crippen LogP contribution is -3.00. The Morgan fingerprint density at radius 3 is 2.53 bits per heavy atom. The zero-order valence-electron chi connectivity index (χ0n) is 11.3. The van der Waals surface area contributed by atoms with Gasteiger partial charge < -0.3 is 33.0 Å². The fraction of sp³-hybridized carbons (Fsp3) is 0.583. The van der Waals surface area contributed by atoms with E-state index in [1.807, 2.05) is 33.3 Å². The summed E-state index contributed by atoms with van der Waals surface area (Å²) in [4.78, 5) is 12.3. The molecule has 1 atom stereocenters. The predicted molar refractivity (Wildman–Crippen MR) is 68.6 cm³/mol. The summed E-state index contributed by atoms with van der Waals surface area (Å²) in [6, 6.07) is 0. The summed E-state index contributed by atoms with van der Waals surface area (Å²) in [7, 11) is 4.49. The first kappa shape index (κ1) is 17.2. The van der Waals surface area contributed by atoms with Crippen LogP contribution in [0.4, 0.5) is 0 Å². The van der Waals surface area contributed by atoms with Crippen molar-refractivity contribution < 1.29 is 46.8 Å². The highest BCUT2D eigenvalue weighted by Crippen LogP contribution is 2.44. The Balaban J connectivity index is 0.00000180. The average Bonchev–Trinajstić information content (AvgIpc) is 2.32. The van der Waals surface area contributed by atoms with Crippen LogP contribution in [-0.2, 0) is 18.4 Å². The van der Waals surface area contributed by atoms with E-state index in [0.29, 0.717) is 17.7 Å². The molecule has 0 radical (unpaired) electrons. The van der Waals surface area contributed by atoms with Gasteiger partial charge in [0.25, 0.3) is 0 Å². The van der Waals surface area contributed by atoms with Gasteiger partial charge in [-0.15, -0.1) is 0 Å². The number of hydrogen-bond acceptors (Lipinski definition) is 4. The van der Waals surface area contributed by atoms with Gasteiger partial charge in [0.05, 0.1) is 34.4 Å². The maximum absolute atomic E-state index is 12.3. The molecule has 1 fully saturated rings. The number of carbonyl (C=O) groups excluding carboxylic acids is 1. The van der Waals surface area contributed by atoms with Crippen molar-refractivity contribution in [3.63, 3.8) is 0 Å². The van der Waals surface area contributed by atoms with Gasteiger partial charge in [-0.1, -0.05) is 6.08 Å². The lowest BCUT2D eigenvalue weighted by Gasteiger charge is -2.30. The van der Waals surface area contributed by atoms with Crippen molar-refractivity contribution in [3.05, 3.63) is 23.9 Å². The van der Waals surface area contributed by atoms with Crippen molar-refractivity contribution in [1.29, 1.82) is 0 Å². The number of carbonyl (C=O) groups is 1. The minimum atomic E-state index is -1.38. The number of likely N-dealkylation sites (N-methyl/N-ethyl adjacent to an activating group) is 1. The van der Waals surface area contributed by atoms with Crippen LogP contribution in [0.2, 0.25) is 0 Å². The number of rotatable bonds is 3. The van der Waals surface area contributed by atoms with E-state index in [4.69, 9.17) is 13.6 Å². The van der Waals surface area contributed by atoms with Crippen LogP contribution < -0.4 is 24.0 Å². The van der Waals surface area contributed by atoms with E-state index in [1.165, 1.54) is 0 Å². The highest BCUT2D eigenvalue weighted by molar-refractivity contribution is 7.41. The van der Waals surface area contributed by atoms with E-state index >= 15 is 0 Å². The van der Waals surface area contributed by atoms with E-state index in [9.17, 15) is 4.79 Å². The molecule has 1 unspecified atom stereocenters. The van der Waals surface area contributed by atoms with Gasteiger partial charge in [-0.05, 0) is 12.5 Å². The standard InChI is InChI=1S/C12H19NO4P.HI/c1-13(2,3)10-6-4-7-11(12(10)14)17-18-15-8-5-9-16-18;/h4,6-7,11H,5,8-9H2,1-3H3;1H/q+1;/p-1. The van der Waals surface area contributed by atoms with Crippen molar-refractivity contribution in [2.45, 2.75) is 12.5 Å². The summed E-state index contributed by atoms with van der Waals surface area (Å²) < 4.78 is 16.8. The van der Waals surface area contributed by atoms with Crippen LogP contribution in [0, 0.1) is 0 Å². The van der Waals surface area contributed by atoms with Gasteiger partial charge >= 0.3 is 8.60 Å². The number of nitrogens with zero attached hydrogens (tertiary/aromatic N) is 1. The minimum absolute atomic E-state index is 0. The SMILES string of the molecule is C[N+](C)(C)C1=CC=CC(OP2OCCCO2)C1=O.[I-].